The highest BCUT2D eigenvalue weighted by Gasteiger charge is 2.17. The van der Waals surface area contributed by atoms with Crippen molar-refractivity contribution in [3.63, 3.8) is 0 Å². The Morgan fingerprint density at radius 1 is 1.30 bits per heavy atom. The van der Waals surface area contributed by atoms with Crippen molar-refractivity contribution in [1.82, 2.24) is 4.31 Å². The van der Waals surface area contributed by atoms with E-state index in [9.17, 15) is 8.42 Å². The van der Waals surface area contributed by atoms with Crippen molar-refractivity contribution in [3.8, 4) is 5.75 Å². The summed E-state index contributed by atoms with van der Waals surface area (Å²) >= 11 is 0. The van der Waals surface area contributed by atoms with E-state index in [2.05, 4.69) is 0 Å². The minimum absolute atomic E-state index is 0.200. The molecule has 114 valence electrons. The predicted octanol–water partition coefficient (Wildman–Crippen LogP) is 2.68. The smallest absolute Gasteiger partial charge is 0.213 e. The normalized spacial score (nSPS) is 12.1. The molecule has 0 saturated carbocycles. The van der Waals surface area contributed by atoms with Gasteiger partial charge in [-0.1, -0.05) is 26.0 Å². The molecular weight excluding hydrogens is 274 g/mol. The van der Waals surface area contributed by atoms with Gasteiger partial charge in [0.25, 0.3) is 0 Å². The molecule has 0 spiro atoms. The van der Waals surface area contributed by atoms with Gasteiger partial charge in [-0.2, -0.15) is 0 Å². The summed E-state index contributed by atoms with van der Waals surface area (Å²) in [5, 5.41) is 0. The average molecular weight is 299 g/mol. The van der Waals surface area contributed by atoms with Gasteiger partial charge in [-0.05, 0) is 37.0 Å². The van der Waals surface area contributed by atoms with E-state index in [0.717, 1.165) is 11.3 Å². The molecule has 0 radical (unpaired) electrons. The maximum absolute atomic E-state index is 12.0. The second kappa shape index (κ2) is 7.64. The first-order chi connectivity index (χ1) is 9.31. The van der Waals surface area contributed by atoms with Gasteiger partial charge in [-0.3, -0.25) is 0 Å². The summed E-state index contributed by atoms with van der Waals surface area (Å²) in [6, 6.07) is 7.73. The zero-order chi connectivity index (χ0) is 15.2. The fraction of sp³-hybridized carbons (Fsp3) is 0.600. The number of ether oxygens (including phenoxy) is 1. The number of aryl methyl sites for hydroxylation is 1. The van der Waals surface area contributed by atoms with Crippen LogP contribution in [-0.4, -0.2) is 38.7 Å². The molecular formula is C15H25NO3S. The molecule has 0 bridgehead atoms. The van der Waals surface area contributed by atoms with Crippen molar-refractivity contribution in [2.45, 2.75) is 27.2 Å². The summed E-state index contributed by atoms with van der Waals surface area (Å²) in [5.74, 6) is 1.37. The summed E-state index contributed by atoms with van der Waals surface area (Å²) in [5.41, 5.74) is 1.13. The lowest BCUT2D eigenvalue weighted by Crippen LogP contribution is -2.33. The monoisotopic (exact) mass is 299 g/mol. The van der Waals surface area contributed by atoms with Crippen molar-refractivity contribution >= 4 is 10.0 Å². The molecule has 4 nitrogen and oxygen atoms in total. The topological polar surface area (TPSA) is 46.6 Å². The number of likely N-dealkylation sites (N-methyl/N-ethyl adjacent to an activating group) is 1. The zero-order valence-corrected chi connectivity index (χ0v) is 13.6. The Labute approximate surface area is 122 Å². The van der Waals surface area contributed by atoms with Crippen LogP contribution in [0.5, 0.6) is 5.75 Å². The van der Waals surface area contributed by atoms with Gasteiger partial charge in [0.1, 0.15) is 12.4 Å². The van der Waals surface area contributed by atoms with Crippen LogP contribution in [0.3, 0.4) is 0 Å². The van der Waals surface area contributed by atoms with E-state index in [-0.39, 0.29) is 5.75 Å². The molecule has 1 rings (SSSR count). The fourth-order valence-corrected chi connectivity index (χ4v) is 3.11. The van der Waals surface area contributed by atoms with E-state index >= 15 is 0 Å². The summed E-state index contributed by atoms with van der Waals surface area (Å²) in [7, 11) is -1.56. The number of hydrogen-bond donors (Lipinski definition) is 0. The highest BCUT2D eigenvalue weighted by molar-refractivity contribution is 7.89. The quantitative estimate of drug-likeness (QED) is 0.741. The molecule has 0 aliphatic carbocycles. The van der Waals surface area contributed by atoms with Crippen molar-refractivity contribution in [2.24, 2.45) is 5.92 Å². The molecule has 0 atom stereocenters. The molecule has 20 heavy (non-hydrogen) atoms. The van der Waals surface area contributed by atoms with Crippen LogP contribution in [0.15, 0.2) is 24.3 Å². The lowest BCUT2D eigenvalue weighted by Gasteiger charge is -2.18. The van der Waals surface area contributed by atoms with E-state index in [1.54, 1.807) is 7.05 Å². The third kappa shape index (κ3) is 5.92. The summed E-state index contributed by atoms with van der Waals surface area (Å²) < 4.78 is 31.0. The highest BCUT2D eigenvalue weighted by atomic mass is 32.2. The van der Waals surface area contributed by atoms with Gasteiger partial charge in [0.2, 0.25) is 10.0 Å². The van der Waals surface area contributed by atoms with Crippen LogP contribution >= 0.6 is 0 Å². The van der Waals surface area contributed by atoms with Gasteiger partial charge < -0.3 is 4.74 Å². The van der Waals surface area contributed by atoms with Gasteiger partial charge in [-0.25, -0.2) is 12.7 Å². The average Bonchev–Trinajstić information content (AvgIpc) is 2.36. The van der Waals surface area contributed by atoms with E-state index in [1.807, 2.05) is 45.0 Å². The molecule has 0 fully saturated rings. The molecule has 0 aliphatic rings. The number of sulfonamides is 1. The Morgan fingerprint density at radius 3 is 2.60 bits per heavy atom. The summed E-state index contributed by atoms with van der Waals surface area (Å²) in [4.78, 5) is 0. The Bertz CT molecular complexity index is 512. The van der Waals surface area contributed by atoms with E-state index < -0.39 is 10.0 Å². The van der Waals surface area contributed by atoms with E-state index in [4.69, 9.17) is 4.74 Å². The van der Waals surface area contributed by atoms with Gasteiger partial charge in [0.15, 0.2) is 0 Å². The third-order valence-corrected chi connectivity index (χ3v) is 4.98. The van der Waals surface area contributed by atoms with Crippen LogP contribution in [0, 0.1) is 12.8 Å². The lowest BCUT2D eigenvalue weighted by molar-refractivity contribution is 0.286. The molecule has 0 heterocycles. The zero-order valence-electron chi connectivity index (χ0n) is 12.8. The first-order valence-corrected chi connectivity index (χ1v) is 8.55. The van der Waals surface area contributed by atoms with Gasteiger partial charge >= 0.3 is 0 Å². The third-order valence-electron chi connectivity index (χ3n) is 3.09. The van der Waals surface area contributed by atoms with Crippen LogP contribution in [0.25, 0.3) is 0 Å². The van der Waals surface area contributed by atoms with E-state index in [1.165, 1.54) is 4.31 Å². The Morgan fingerprint density at radius 2 is 2.00 bits per heavy atom. The highest BCUT2D eigenvalue weighted by Crippen LogP contribution is 2.12. The Kier molecular flexibility index (Phi) is 6.49. The number of nitrogens with zero attached hydrogens (tertiary/aromatic N) is 1. The van der Waals surface area contributed by atoms with Crippen molar-refractivity contribution in [2.75, 3.05) is 26.0 Å². The number of benzene rings is 1. The minimum atomic E-state index is -3.16. The van der Waals surface area contributed by atoms with Crippen molar-refractivity contribution in [1.29, 1.82) is 0 Å². The molecule has 0 unspecified atom stereocenters. The molecule has 0 aromatic heterocycles. The fourth-order valence-electron chi connectivity index (χ4n) is 1.68. The minimum Gasteiger partial charge on any atom is -0.492 e. The maximum atomic E-state index is 12.0. The van der Waals surface area contributed by atoms with Crippen molar-refractivity contribution in [3.05, 3.63) is 29.8 Å². The standard InChI is InChI=1S/C15H25NO3S/c1-13(2)8-11-20(17,18)16(4)9-10-19-15-7-5-6-14(3)12-15/h5-7,12-13H,8-11H2,1-4H3. The van der Waals surface area contributed by atoms with Gasteiger partial charge in [-0.15, -0.1) is 0 Å². The van der Waals surface area contributed by atoms with Crippen LogP contribution < -0.4 is 4.74 Å². The molecule has 0 N–H and O–H groups in total. The predicted molar refractivity (Wildman–Crippen MR) is 82.5 cm³/mol. The second-order valence-corrected chi connectivity index (χ2v) is 7.68. The molecule has 0 aliphatic heterocycles. The summed E-state index contributed by atoms with van der Waals surface area (Å²) in [6.45, 7) is 6.78. The van der Waals surface area contributed by atoms with Crippen LogP contribution in [0.2, 0.25) is 0 Å². The lowest BCUT2D eigenvalue weighted by atomic mass is 10.2. The van der Waals surface area contributed by atoms with Crippen molar-refractivity contribution < 1.29 is 13.2 Å². The van der Waals surface area contributed by atoms with Gasteiger partial charge in [0.05, 0.1) is 5.75 Å². The molecule has 0 saturated heterocycles. The second-order valence-electron chi connectivity index (χ2n) is 5.49. The molecule has 5 heteroatoms. The number of rotatable bonds is 8. The van der Waals surface area contributed by atoms with Gasteiger partial charge in [0, 0.05) is 13.6 Å². The first kappa shape index (κ1) is 17.0. The summed E-state index contributed by atoms with van der Waals surface area (Å²) in [6.07, 6.45) is 0.686. The SMILES string of the molecule is Cc1cccc(OCCN(C)S(=O)(=O)CCC(C)C)c1. The van der Waals surface area contributed by atoms with Crippen LogP contribution in [0.1, 0.15) is 25.8 Å². The number of hydrogen-bond acceptors (Lipinski definition) is 3. The largest absolute Gasteiger partial charge is 0.492 e. The van der Waals surface area contributed by atoms with Crippen LogP contribution in [0.4, 0.5) is 0 Å². The first-order valence-electron chi connectivity index (χ1n) is 6.95. The Hall–Kier alpha value is -1.07. The van der Waals surface area contributed by atoms with E-state index in [0.29, 0.717) is 25.5 Å². The Balaban J connectivity index is 2.41. The molecule has 0 amide bonds. The van der Waals surface area contributed by atoms with Crippen LogP contribution in [-0.2, 0) is 10.0 Å². The molecule has 1 aromatic carbocycles. The maximum Gasteiger partial charge on any atom is 0.213 e. The molecule has 1 aromatic rings.